The molecule has 0 radical (unpaired) electrons. The van der Waals surface area contributed by atoms with Crippen molar-refractivity contribution in [1.29, 1.82) is 0 Å². The lowest BCUT2D eigenvalue weighted by Crippen LogP contribution is -2.42. The molecule has 1 fully saturated rings. The van der Waals surface area contributed by atoms with Crippen LogP contribution in [0.5, 0.6) is 0 Å². The maximum Gasteiger partial charge on any atom is 0.418 e. The molecule has 0 bridgehead atoms. The van der Waals surface area contributed by atoms with Gasteiger partial charge in [-0.1, -0.05) is 6.92 Å². The Balaban J connectivity index is 1.90. The van der Waals surface area contributed by atoms with E-state index in [4.69, 9.17) is 0 Å². The molecule has 2 aromatic rings. The van der Waals surface area contributed by atoms with E-state index in [1.54, 1.807) is 18.2 Å². The molecular formula is C22H28F3N3O. The van der Waals surface area contributed by atoms with Crippen molar-refractivity contribution in [3.05, 3.63) is 36.0 Å². The van der Waals surface area contributed by atoms with Crippen LogP contribution in [0.1, 0.15) is 32.3 Å². The summed E-state index contributed by atoms with van der Waals surface area (Å²) in [6.45, 7) is 5.44. The molecule has 7 heteroatoms. The third-order valence-electron chi connectivity index (χ3n) is 5.87. The molecule has 29 heavy (non-hydrogen) atoms. The molecule has 0 N–H and O–H groups in total. The molecule has 0 aliphatic carbocycles. The molecule has 0 saturated carbocycles. The number of hydrogen-bond acceptors (Lipinski definition) is 4. The Labute approximate surface area is 169 Å². The van der Waals surface area contributed by atoms with Gasteiger partial charge in [-0.15, -0.1) is 0 Å². The van der Waals surface area contributed by atoms with Gasteiger partial charge in [-0.25, -0.2) is 0 Å². The number of piperidine rings is 1. The minimum Gasteiger partial charge on any atom is -0.370 e. The summed E-state index contributed by atoms with van der Waals surface area (Å²) in [5, 5.41) is 0.503. The Bertz CT molecular complexity index is 881. The van der Waals surface area contributed by atoms with Crippen LogP contribution in [0.15, 0.2) is 30.5 Å². The lowest BCUT2D eigenvalue weighted by Gasteiger charge is -2.39. The standard InChI is InChI=1S/C22H28F3N3O/c1-14-10-16(11-20(29)15(2)27(3)4)13-28(12-14)19-8-7-18(22(23,24)25)21-17(19)6-5-9-26-21/h5-9,14-16H,10-13H2,1-4H3/t14-,15-,16-/m0/s1. The van der Waals surface area contributed by atoms with Gasteiger partial charge in [0.2, 0.25) is 0 Å². The van der Waals surface area contributed by atoms with E-state index < -0.39 is 11.7 Å². The number of fused-ring (bicyclic) bond motifs is 1. The molecule has 1 aliphatic heterocycles. The average molecular weight is 407 g/mol. The summed E-state index contributed by atoms with van der Waals surface area (Å²) in [5.74, 6) is 0.737. The van der Waals surface area contributed by atoms with E-state index in [2.05, 4.69) is 16.8 Å². The van der Waals surface area contributed by atoms with Crippen LogP contribution in [-0.2, 0) is 11.0 Å². The van der Waals surface area contributed by atoms with Crippen molar-refractivity contribution in [1.82, 2.24) is 9.88 Å². The zero-order valence-electron chi connectivity index (χ0n) is 17.3. The first-order valence-electron chi connectivity index (χ1n) is 9.97. The molecular weight excluding hydrogens is 379 g/mol. The fourth-order valence-electron chi connectivity index (χ4n) is 4.23. The number of pyridine rings is 1. The van der Waals surface area contributed by atoms with Gasteiger partial charge in [0.15, 0.2) is 0 Å². The molecule has 158 valence electrons. The second kappa shape index (κ2) is 8.30. The SMILES string of the molecule is C[C@H]1C[C@@H](CC(=O)[C@H](C)N(C)C)CN(c2ccc(C(F)(F)F)c3ncccc23)C1. The number of carbonyl (C=O) groups excluding carboxylic acids is 1. The number of hydrogen-bond donors (Lipinski definition) is 0. The summed E-state index contributed by atoms with van der Waals surface area (Å²) in [6, 6.07) is 5.89. The number of ketones is 1. The number of Topliss-reactive ketones (excluding diaryl/α,β-unsaturated/α-hetero) is 1. The first-order valence-corrected chi connectivity index (χ1v) is 9.97. The molecule has 3 rings (SSSR count). The maximum atomic E-state index is 13.4. The summed E-state index contributed by atoms with van der Waals surface area (Å²) in [7, 11) is 3.78. The van der Waals surface area contributed by atoms with Crippen LogP contribution in [0.3, 0.4) is 0 Å². The van der Waals surface area contributed by atoms with E-state index in [1.165, 1.54) is 6.20 Å². The molecule has 1 saturated heterocycles. The van der Waals surface area contributed by atoms with E-state index >= 15 is 0 Å². The fourth-order valence-corrected chi connectivity index (χ4v) is 4.23. The Morgan fingerprint density at radius 1 is 1.28 bits per heavy atom. The minimum absolute atomic E-state index is 0.0235. The van der Waals surface area contributed by atoms with Crippen LogP contribution >= 0.6 is 0 Å². The molecule has 1 aromatic carbocycles. The lowest BCUT2D eigenvalue weighted by atomic mass is 9.85. The van der Waals surface area contributed by atoms with E-state index in [9.17, 15) is 18.0 Å². The highest BCUT2D eigenvalue weighted by molar-refractivity contribution is 5.94. The molecule has 4 nitrogen and oxygen atoms in total. The lowest BCUT2D eigenvalue weighted by molar-refractivity contribution is -0.136. The first-order chi connectivity index (χ1) is 13.6. The van der Waals surface area contributed by atoms with Crippen molar-refractivity contribution in [2.75, 3.05) is 32.1 Å². The van der Waals surface area contributed by atoms with Gasteiger partial charge in [-0.2, -0.15) is 13.2 Å². The molecule has 1 aromatic heterocycles. The van der Waals surface area contributed by atoms with Crippen LogP contribution < -0.4 is 4.90 Å². The number of rotatable bonds is 5. The van der Waals surface area contributed by atoms with E-state index in [1.807, 2.05) is 25.9 Å². The van der Waals surface area contributed by atoms with Gasteiger partial charge in [0.05, 0.1) is 17.1 Å². The zero-order chi connectivity index (χ0) is 21.3. The number of halogens is 3. The molecule has 0 unspecified atom stereocenters. The number of benzene rings is 1. The predicted octanol–water partition coefficient (Wildman–Crippen LogP) is 4.63. The topological polar surface area (TPSA) is 36.4 Å². The molecule has 0 spiro atoms. The van der Waals surface area contributed by atoms with Crippen molar-refractivity contribution >= 4 is 22.4 Å². The quantitative estimate of drug-likeness (QED) is 0.724. The highest BCUT2D eigenvalue weighted by Crippen LogP contribution is 2.39. The third kappa shape index (κ3) is 4.71. The number of nitrogens with zero attached hydrogens (tertiary/aromatic N) is 3. The second-order valence-electron chi connectivity index (χ2n) is 8.45. The zero-order valence-corrected chi connectivity index (χ0v) is 17.3. The van der Waals surface area contributed by atoms with E-state index in [-0.39, 0.29) is 23.3 Å². The number of anilines is 1. The number of aromatic nitrogens is 1. The molecule has 1 aliphatic rings. The highest BCUT2D eigenvalue weighted by Gasteiger charge is 2.35. The van der Waals surface area contributed by atoms with Gasteiger partial charge in [0, 0.05) is 36.8 Å². The van der Waals surface area contributed by atoms with E-state index in [0.29, 0.717) is 24.3 Å². The Morgan fingerprint density at radius 2 is 2.00 bits per heavy atom. The van der Waals surface area contributed by atoms with Gasteiger partial charge in [0.25, 0.3) is 0 Å². The maximum absolute atomic E-state index is 13.4. The summed E-state index contributed by atoms with van der Waals surface area (Å²) in [6.07, 6.45) is -1.63. The Hall–Kier alpha value is -2.15. The summed E-state index contributed by atoms with van der Waals surface area (Å²) in [4.78, 5) is 20.6. The van der Waals surface area contributed by atoms with Crippen molar-refractivity contribution < 1.29 is 18.0 Å². The number of alkyl halides is 3. The van der Waals surface area contributed by atoms with Crippen molar-refractivity contribution in [3.8, 4) is 0 Å². The normalized spacial score (nSPS) is 21.6. The highest BCUT2D eigenvalue weighted by atomic mass is 19.4. The number of likely N-dealkylation sites (N-methyl/N-ethyl adjacent to an activating group) is 1. The second-order valence-corrected chi connectivity index (χ2v) is 8.45. The van der Waals surface area contributed by atoms with Crippen LogP contribution in [0.4, 0.5) is 18.9 Å². The minimum atomic E-state index is -4.45. The van der Waals surface area contributed by atoms with Gasteiger partial charge in [-0.3, -0.25) is 14.7 Å². The molecule has 3 atom stereocenters. The van der Waals surface area contributed by atoms with Crippen LogP contribution in [-0.4, -0.2) is 48.9 Å². The van der Waals surface area contributed by atoms with Gasteiger partial charge in [0.1, 0.15) is 5.78 Å². The van der Waals surface area contributed by atoms with Gasteiger partial charge in [-0.05, 0) is 63.5 Å². The largest absolute Gasteiger partial charge is 0.418 e. The number of carbonyl (C=O) groups is 1. The van der Waals surface area contributed by atoms with Crippen molar-refractivity contribution in [2.24, 2.45) is 11.8 Å². The smallest absolute Gasteiger partial charge is 0.370 e. The molecule has 2 heterocycles. The van der Waals surface area contributed by atoms with Gasteiger partial charge < -0.3 is 4.90 Å². The summed E-state index contributed by atoms with van der Waals surface area (Å²) in [5.41, 5.74) is 0.0174. The first kappa shape index (κ1) is 21.6. The fraction of sp³-hybridized carbons (Fsp3) is 0.545. The van der Waals surface area contributed by atoms with Crippen LogP contribution in [0.2, 0.25) is 0 Å². The summed E-state index contributed by atoms with van der Waals surface area (Å²) < 4.78 is 40.2. The van der Waals surface area contributed by atoms with Crippen molar-refractivity contribution in [3.63, 3.8) is 0 Å². The Morgan fingerprint density at radius 3 is 2.66 bits per heavy atom. The van der Waals surface area contributed by atoms with Gasteiger partial charge >= 0.3 is 6.18 Å². The average Bonchev–Trinajstić information content (AvgIpc) is 2.65. The summed E-state index contributed by atoms with van der Waals surface area (Å²) >= 11 is 0. The van der Waals surface area contributed by atoms with Crippen LogP contribution in [0, 0.1) is 11.8 Å². The third-order valence-corrected chi connectivity index (χ3v) is 5.87. The monoisotopic (exact) mass is 407 g/mol. The molecule has 0 amide bonds. The van der Waals surface area contributed by atoms with Crippen LogP contribution in [0.25, 0.3) is 10.9 Å². The van der Waals surface area contributed by atoms with Crippen molar-refractivity contribution in [2.45, 2.75) is 38.9 Å². The Kier molecular flexibility index (Phi) is 6.17. The van der Waals surface area contributed by atoms with E-state index in [0.717, 1.165) is 24.7 Å². The predicted molar refractivity (Wildman–Crippen MR) is 109 cm³/mol.